The van der Waals surface area contributed by atoms with E-state index in [0.717, 1.165) is 86.5 Å². The number of thiazole rings is 1. The third kappa shape index (κ3) is 6.97. The lowest BCUT2D eigenvalue weighted by molar-refractivity contribution is 0.123. The summed E-state index contributed by atoms with van der Waals surface area (Å²) in [4.78, 5) is 10.0. The number of morpholine rings is 1. The highest BCUT2D eigenvalue weighted by molar-refractivity contribution is 7.20. The van der Waals surface area contributed by atoms with Crippen molar-refractivity contribution in [2.24, 2.45) is 0 Å². The standard InChI is InChI=1S/C30H36N4O3S/c31-23-24-7-11-26(12-8-24)36-19-5-2-6-20-37-27-13-9-25(10-14-27)28-29(33-17-21-35-22-18-33)38-30(32-28)34-15-3-1-4-16-34/h7-14H,1-6,15-22H2. The van der Waals surface area contributed by atoms with E-state index in [0.29, 0.717) is 18.8 Å². The first-order valence-electron chi connectivity index (χ1n) is 13.7. The molecule has 200 valence electrons. The zero-order valence-electron chi connectivity index (χ0n) is 21.9. The molecule has 7 nitrogen and oxygen atoms in total. The van der Waals surface area contributed by atoms with Crippen LogP contribution in [0.4, 0.5) is 10.1 Å². The molecule has 2 fully saturated rings. The third-order valence-corrected chi connectivity index (χ3v) is 8.14. The number of unbranched alkanes of at least 4 members (excludes halogenated alkanes) is 2. The Hall–Kier alpha value is -3.28. The summed E-state index contributed by atoms with van der Waals surface area (Å²) in [5, 5.41) is 11.3. The second-order valence-electron chi connectivity index (χ2n) is 9.72. The Morgan fingerprint density at radius 3 is 2.05 bits per heavy atom. The molecule has 0 aliphatic carbocycles. The van der Waals surface area contributed by atoms with Gasteiger partial charge < -0.3 is 24.0 Å². The zero-order valence-corrected chi connectivity index (χ0v) is 22.8. The lowest BCUT2D eigenvalue weighted by Gasteiger charge is -2.28. The molecule has 3 aromatic rings. The minimum absolute atomic E-state index is 0.647. The van der Waals surface area contributed by atoms with Crippen molar-refractivity contribution in [3.05, 3.63) is 54.1 Å². The summed E-state index contributed by atoms with van der Waals surface area (Å²) in [7, 11) is 0. The lowest BCUT2D eigenvalue weighted by Crippen LogP contribution is -2.36. The number of benzene rings is 2. The van der Waals surface area contributed by atoms with E-state index in [-0.39, 0.29) is 0 Å². The Morgan fingerprint density at radius 1 is 0.789 bits per heavy atom. The van der Waals surface area contributed by atoms with Gasteiger partial charge in [-0.15, -0.1) is 0 Å². The molecule has 38 heavy (non-hydrogen) atoms. The van der Waals surface area contributed by atoms with Gasteiger partial charge >= 0.3 is 0 Å². The van der Waals surface area contributed by atoms with Crippen molar-refractivity contribution < 1.29 is 14.2 Å². The van der Waals surface area contributed by atoms with Crippen LogP contribution < -0.4 is 19.3 Å². The highest BCUT2D eigenvalue weighted by atomic mass is 32.1. The number of rotatable bonds is 11. The molecule has 3 heterocycles. The van der Waals surface area contributed by atoms with Crippen molar-refractivity contribution >= 4 is 21.5 Å². The van der Waals surface area contributed by atoms with Gasteiger partial charge in [0.25, 0.3) is 0 Å². The van der Waals surface area contributed by atoms with Crippen molar-refractivity contribution in [3.63, 3.8) is 0 Å². The summed E-state index contributed by atoms with van der Waals surface area (Å²) >= 11 is 1.83. The number of hydrogen-bond donors (Lipinski definition) is 0. The molecule has 0 bridgehead atoms. The molecule has 2 saturated heterocycles. The van der Waals surface area contributed by atoms with Crippen molar-refractivity contribution in [2.45, 2.75) is 38.5 Å². The molecule has 0 unspecified atom stereocenters. The van der Waals surface area contributed by atoms with Gasteiger partial charge in [0, 0.05) is 31.7 Å². The van der Waals surface area contributed by atoms with Crippen LogP contribution in [0.1, 0.15) is 44.1 Å². The predicted molar refractivity (Wildman–Crippen MR) is 153 cm³/mol. The number of anilines is 2. The minimum Gasteiger partial charge on any atom is -0.494 e. The summed E-state index contributed by atoms with van der Waals surface area (Å²) in [6.07, 6.45) is 6.80. The van der Waals surface area contributed by atoms with Crippen LogP contribution in [0.3, 0.4) is 0 Å². The maximum absolute atomic E-state index is 8.87. The molecule has 0 spiro atoms. The van der Waals surface area contributed by atoms with Crippen LogP contribution in [0.2, 0.25) is 0 Å². The van der Waals surface area contributed by atoms with Gasteiger partial charge in [-0.05, 0) is 87.1 Å². The third-order valence-electron chi connectivity index (χ3n) is 6.96. The van der Waals surface area contributed by atoms with E-state index < -0.39 is 0 Å². The van der Waals surface area contributed by atoms with Crippen molar-refractivity contribution in [1.82, 2.24) is 4.98 Å². The van der Waals surface area contributed by atoms with Gasteiger partial charge in [-0.25, -0.2) is 4.98 Å². The van der Waals surface area contributed by atoms with Crippen LogP contribution in [0, 0.1) is 11.3 Å². The molecule has 2 aliphatic heterocycles. The number of ether oxygens (including phenoxy) is 3. The fourth-order valence-corrected chi connectivity index (χ4v) is 5.98. The molecule has 1 aromatic heterocycles. The van der Waals surface area contributed by atoms with E-state index >= 15 is 0 Å². The predicted octanol–water partition coefficient (Wildman–Crippen LogP) is 6.14. The summed E-state index contributed by atoms with van der Waals surface area (Å²) in [5.74, 6) is 1.70. The largest absolute Gasteiger partial charge is 0.494 e. The van der Waals surface area contributed by atoms with E-state index in [1.54, 1.807) is 12.1 Å². The second kappa shape index (κ2) is 13.5. The van der Waals surface area contributed by atoms with Crippen molar-refractivity contribution in [1.29, 1.82) is 5.26 Å². The zero-order chi connectivity index (χ0) is 26.0. The van der Waals surface area contributed by atoms with Crippen LogP contribution in [-0.4, -0.2) is 57.6 Å². The van der Waals surface area contributed by atoms with Crippen LogP contribution in [0.25, 0.3) is 11.3 Å². The normalized spacial score (nSPS) is 15.8. The van der Waals surface area contributed by atoms with E-state index in [9.17, 15) is 0 Å². The molecular weight excluding hydrogens is 496 g/mol. The summed E-state index contributed by atoms with van der Waals surface area (Å²) in [5.41, 5.74) is 2.86. The average molecular weight is 533 g/mol. The van der Waals surface area contributed by atoms with E-state index in [4.69, 9.17) is 24.5 Å². The minimum atomic E-state index is 0.647. The van der Waals surface area contributed by atoms with E-state index in [1.165, 1.54) is 24.3 Å². The molecule has 5 rings (SSSR count). The Bertz CT molecular complexity index is 1180. The fourth-order valence-electron chi connectivity index (χ4n) is 4.79. The van der Waals surface area contributed by atoms with Crippen molar-refractivity contribution in [2.75, 3.05) is 62.4 Å². The first kappa shape index (κ1) is 26.3. The Labute approximate surface area is 229 Å². The second-order valence-corrected chi connectivity index (χ2v) is 10.7. The summed E-state index contributed by atoms with van der Waals surface area (Å²) in [6.45, 7) is 6.91. The lowest BCUT2D eigenvalue weighted by atomic mass is 10.1. The van der Waals surface area contributed by atoms with Crippen molar-refractivity contribution in [3.8, 4) is 28.8 Å². The number of piperidine rings is 1. The van der Waals surface area contributed by atoms with Gasteiger partial charge in [0.15, 0.2) is 5.13 Å². The molecule has 0 amide bonds. The monoisotopic (exact) mass is 532 g/mol. The molecule has 2 aliphatic rings. The number of nitriles is 1. The number of aromatic nitrogens is 1. The van der Waals surface area contributed by atoms with Crippen LogP contribution in [0.5, 0.6) is 11.5 Å². The van der Waals surface area contributed by atoms with Gasteiger partial charge in [-0.1, -0.05) is 11.3 Å². The van der Waals surface area contributed by atoms with E-state index in [1.807, 2.05) is 23.5 Å². The Balaban J connectivity index is 1.11. The fraction of sp³-hybridized carbons (Fsp3) is 0.467. The molecule has 0 N–H and O–H groups in total. The average Bonchev–Trinajstić information content (AvgIpc) is 3.44. The Kier molecular flexibility index (Phi) is 9.35. The Morgan fingerprint density at radius 2 is 1.42 bits per heavy atom. The van der Waals surface area contributed by atoms with Crippen LogP contribution in [-0.2, 0) is 4.74 Å². The molecule has 0 saturated carbocycles. The number of hydrogen-bond acceptors (Lipinski definition) is 8. The SMILES string of the molecule is N#Cc1ccc(OCCCCCOc2ccc(-c3nc(N4CCCCC4)sc3N3CCOCC3)cc2)cc1. The van der Waals surface area contributed by atoms with Crippen LogP contribution in [0.15, 0.2) is 48.5 Å². The van der Waals surface area contributed by atoms with Gasteiger partial charge in [0.1, 0.15) is 22.2 Å². The first-order valence-corrected chi connectivity index (χ1v) is 14.6. The molecule has 0 atom stereocenters. The van der Waals surface area contributed by atoms with E-state index in [2.05, 4.69) is 40.1 Å². The smallest absolute Gasteiger partial charge is 0.187 e. The van der Waals surface area contributed by atoms with Gasteiger partial charge in [0.2, 0.25) is 0 Å². The summed E-state index contributed by atoms with van der Waals surface area (Å²) < 4.78 is 17.4. The molecular formula is C30H36N4O3S. The summed E-state index contributed by atoms with van der Waals surface area (Å²) in [6, 6.07) is 17.8. The van der Waals surface area contributed by atoms with Gasteiger partial charge in [0.05, 0.1) is 38.1 Å². The first-order chi connectivity index (χ1) is 18.8. The topological polar surface area (TPSA) is 70.9 Å². The molecule has 0 radical (unpaired) electrons. The van der Waals surface area contributed by atoms with Gasteiger partial charge in [-0.3, -0.25) is 0 Å². The molecule has 2 aromatic carbocycles. The quantitative estimate of drug-likeness (QED) is 0.275. The van der Waals surface area contributed by atoms with Gasteiger partial charge in [-0.2, -0.15) is 5.26 Å². The molecule has 8 heteroatoms. The highest BCUT2D eigenvalue weighted by Crippen LogP contribution is 2.41. The highest BCUT2D eigenvalue weighted by Gasteiger charge is 2.24. The van der Waals surface area contributed by atoms with Crippen LogP contribution >= 0.6 is 11.3 Å². The maximum Gasteiger partial charge on any atom is 0.187 e. The number of nitrogens with zero attached hydrogens (tertiary/aromatic N) is 4. The maximum atomic E-state index is 8.87.